The average Bonchev–Trinajstić information content (AvgIpc) is 2.85. The molecule has 0 heterocycles. The molecule has 0 aromatic rings. The van der Waals surface area contributed by atoms with Crippen LogP contribution in [0, 0.1) is 56.7 Å². The lowest BCUT2D eigenvalue weighted by molar-refractivity contribution is -0.211. The number of alkyl halides is 1. The van der Waals surface area contributed by atoms with Gasteiger partial charge in [-0.1, -0.05) is 69.7 Å². The third-order valence-corrected chi connectivity index (χ3v) is 15.7. The number of allylic oxidation sites excluding steroid dienone is 2. The summed E-state index contributed by atoms with van der Waals surface area (Å²) in [6, 6.07) is 0. The lowest BCUT2D eigenvalue weighted by Gasteiger charge is -2.71. The number of methoxy groups -OCH3 is 1. The number of hydrogen-bond donors (Lipinski definition) is 0. The lowest BCUT2D eigenvalue weighted by Crippen LogP contribution is -2.69. The first-order valence-electron chi connectivity index (χ1n) is 15.2. The van der Waals surface area contributed by atoms with Crippen molar-refractivity contribution in [3.8, 4) is 0 Å². The summed E-state index contributed by atoms with van der Waals surface area (Å²) in [5.74, 6) is 1.01. The van der Waals surface area contributed by atoms with Crippen molar-refractivity contribution in [1.29, 1.82) is 0 Å². The van der Waals surface area contributed by atoms with Crippen LogP contribution >= 0.6 is 22.6 Å². The van der Waals surface area contributed by atoms with Crippen molar-refractivity contribution >= 4 is 40.3 Å². The Balaban J connectivity index is 1.67. The average molecular weight is 653 g/mol. The number of halogens is 1. The first-order valence-corrected chi connectivity index (χ1v) is 16.4. The molecule has 4 fully saturated rings. The number of ketones is 1. The fourth-order valence-electron chi connectivity index (χ4n) is 11.2. The van der Waals surface area contributed by atoms with Crippen LogP contribution in [0.4, 0.5) is 0 Å². The molecule has 39 heavy (non-hydrogen) atoms. The van der Waals surface area contributed by atoms with Crippen molar-refractivity contribution in [2.45, 2.75) is 110 Å². The van der Waals surface area contributed by atoms with Gasteiger partial charge >= 0.3 is 11.9 Å². The molecule has 0 radical (unpaired) electrons. The SMILES string of the molecule is COC(=O)[C@@]1(C)[C@H](I)[C@@H](OC(C)=O)C[C@@]2(C)[C@H]1CC[C@]1(C)[C@@H]2C(=O)C=C2[C@@H]3[C@@H](C)[C@H](C)CC[C@]3(C)CC[C@]21C. The van der Waals surface area contributed by atoms with Gasteiger partial charge in [0.05, 0.1) is 16.4 Å². The Kier molecular flexibility index (Phi) is 7.04. The summed E-state index contributed by atoms with van der Waals surface area (Å²) in [5, 5.41) is 0. The zero-order chi connectivity index (χ0) is 28.9. The van der Waals surface area contributed by atoms with Crippen LogP contribution in [0.5, 0.6) is 0 Å². The van der Waals surface area contributed by atoms with E-state index in [0.717, 1.165) is 19.3 Å². The Morgan fingerprint density at radius 3 is 2.28 bits per heavy atom. The van der Waals surface area contributed by atoms with E-state index in [1.165, 1.54) is 38.9 Å². The van der Waals surface area contributed by atoms with Crippen LogP contribution in [-0.4, -0.2) is 34.9 Å². The van der Waals surface area contributed by atoms with Gasteiger partial charge in [-0.3, -0.25) is 14.4 Å². The minimum Gasteiger partial charge on any atom is -0.469 e. The maximum Gasteiger partial charge on any atom is 0.313 e. The third kappa shape index (κ3) is 3.77. The van der Waals surface area contributed by atoms with E-state index in [1.807, 2.05) is 6.92 Å². The van der Waals surface area contributed by atoms with Crippen LogP contribution in [0.15, 0.2) is 11.6 Å². The third-order valence-electron chi connectivity index (χ3n) is 13.6. The molecular weight excluding hydrogens is 603 g/mol. The summed E-state index contributed by atoms with van der Waals surface area (Å²) >= 11 is 2.31. The first kappa shape index (κ1) is 29.6. The molecule has 5 nitrogen and oxygen atoms in total. The monoisotopic (exact) mass is 652 g/mol. The van der Waals surface area contributed by atoms with E-state index >= 15 is 0 Å². The van der Waals surface area contributed by atoms with Crippen molar-refractivity contribution in [2.75, 3.05) is 7.11 Å². The highest BCUT2D eigenvalue weighted by Gasteiger charge is 2.73. The molecule has 0 unspecified atom stereocenters. The summed E-state index contributed by atoms with van der Waals surface area (Å²) < 4.78 is 11.1. The topological polar surface area (TPSA) is 69.7 Å². The second kappa shape index (κ2) is 9.29. The van der Waals surface area contributed by atoms with Crippen molar-refractivity contribution in [2.24, 2.45) is 56.7 Å². The highest BCUT2D eigenvalue weighted by molar-refractivity contribution is 14.1. The van der Waals surface area contributed by atoms with Crippen molar-refractivity contribution in [1.82, 2.24) is 0 Å². The largest absolute Gasteiger partial charge is 0.469 e. The van der Waals surface area contributed by atoms with Crippen LogP contribution in [0.1, 0.15) is 100 Å². The van der Waals surface area contributed by atoms with Crippen LogP contribution in [0.2, 0.25) is 0 Å². The van der Waals surface area contributed by atoms with Gasteiger partial charge in [0.15, 0.2) is 5.78 Å². The van der Waals surface area contributed by atoms with Gasteiger partial charge in [0, 0.05) is 12.8 Å². The van der Waals surface area contributed by atoms with Gasteiger partial charge in [0.1, 0.15) is 6.10 Å². The van der Waals surface area contributed by atoms with Crippen molar-refractivity contribution in [3.63, 3.8) is 0 Å². The van der Waals surface area contributed by atoms with Gasteiger partial charge in [-0.25, -0.2) is 0 Å². The molecule has 0 spiro atoms. The van der Waals surface area contributed by atoms with Crippen LogP contribution in [0.25, 0.3) is 0 Å². The molecule has 0 saturated heterocycles. The fourth-order valence-corrected chi connectivity index (χ4v) is 12.3. The normalized spacial score (nSPS) is 52.8. The number of carbonyl (C=O) groups excluding carboxylic acids is 3. The summed E-state index contributed by atoms with van der Waals surface area (Å²) in [5.41, 5.74) is 0.0204. The highest BCUT2D eigenvalue weighted by atomic mass is 127. The standard InChI is InChI=1S/C33H49IO5/c1-18-10-12-29(4)14-15-31(6)21(25(29)19(18)2)16-22(36)26-30(5)17-23(39-20(3)35)27(34)33(8,28(37)38-9)24(30)11-13-32(26,31)7/h16,18-19,23-27H,10-15,17H2,1-9H3/t18-,19+,23+,24-,25+,26-,27-,29-,30+,31-,32-,33-/m1/s1. The van der Waals surface area contributed by atoms with E-state index in [9.17, 15) is 14.4 Å². The zero-order valence-corrected chi connectivity index (χ0v) is 27.6. The Morgan fingerprint density at radius 1 is 1.00 bits per heavy atom. The molecular formula is C33H49IO5. The van der Waals surface area contributed by atoms with Crippen LogP contribution in [-0.2, 0) is 23.9 Å². The molecule has 5 aliphatic carbocycles. The first-order chi connectivity index (χ1) is 18.0. The predicted molar refractivity (Wildman–Crippen MR) is 160 cm³/mol. The van der Waals surface area contributed by atoms with E-state index in [4.69, 9.17) is 9.47 Å². The molecule has 0 aromatic carbocycles. The second-order valence-corrected chi connectivity index (χ2v) is 16.7. The minimum absolute atomic E-state index is 0.0331. The summed E-state index contributed by atoms with van der Waals surface area (Å²) in [7, 11) is 1.45. The van der Waals surface area contributed by atoms with Crippen molar-refractivity contribution in [3.05, 3.63) is 11.6 Å². The number of esters is 2. The Bertz CT molecular complexity index is 1120. The van der Waals surface area contributed by atoms with E-state index in [0.29, 0.717) is 24.2 Å². The number of hydrogen-bond acceptors (Lipinski definition) is 5. The molecule has 5 aliphatic rings. The minimum atomic E-state index is -0.854. The maximum atomic E-state index is 14.6. The fraction of sp³-hybridized carbons (Fsp3) is 0.848. The van der Waals surface area contributed by atoms with E-state index in [-0.39, 0.29) is 49.7 Å². The summed E-state index contributed by atoms with van der Waals surface area (Å²) in [6.45, 7) is 17.8. The number of rotatable bonds is 2. The van der Waals surface area contributed by atoms with Crippen molar-refractivity contribution < 1.29 is 23.9 Å². The molecule has 12 atom stereocenters. The van der Waals surface area contributed by atoms with Gasteiger partial charge < -0.3 is 9.47 Å². The molecule has 0 amide bonds. The second-order valence-electron chi connectivity index (χ2n) is 15.3. The zero-order valence-electron chi connectivity index (χ0n) is 25.5. The molecule has 0 aromatic heterocycles. The predicted octanol–water partition coefficient (Wildman–Crippen LogP) is 7.34. The molecule has 5 rings (SSSR count). The molecule has 0 bridgehead atoms. The molecule has 0 N–H and O–H groups in total. The Morgan fingerprint density at radius 2 is 1.67 bits per heavy atom. The van der Waals surface area contributed by atoms with Gasteiger partial charge in [-0.05, 0) is 103 Å². The smallest absolute Gasteiger partial charge is 0.313 e. The number of ether oxygens (including phenoxy) is 2. The Hall–Kier alpha value is -0.920. The van der Waals surface area contributed by atoms with Gasteiger partial charge in [0.25, 0.3) is 0 Å². The molecule has 6 heteroatoms. The Labute approximate surface area is 249 Å². The summed E-state index contributed by atoms with van der Waals surface area (Å²) in [6.07, 6.45) is 8.83. The van der Waals surface area contributed by atoms with Gasteiger partial charge in [-0.2, -0.15) is 0 Å². The van der Waals surface area contributed by atoms with Crippen LogP contribution in [0.3, 0.4) is 0 Å². The van der Waals surface area contributed by atoms with E-state index < -0.39 is 16.9 Å². The van der Waals surface area contributed by atoms with Gasteiger partial charge in [0.2, 0.25) is 0 Å². The quantitative estimate of drug-likeness (QED) is 0.177. The highest BCUT2D eigenvalue weighted by Crippen LogP contribution is 2.75. The van der Waals surface area contributed by atoms with Gasteiger partial charge in [-0.15, -0.1) is 0 Å². The number of carbonyl (C=O) groups is 3. The van der Waals surface area contributed by atoms with E-state index in [2.05, 4.69) is 70.2 Å². The van der Waals surface area contributed by atoms with Crippen LogP contribution < -0.4 is 0 Å². The van der Waals surface area contributed by atoms with E-state index in [1.54, 1.807) is 0 Å². The maximum absolute atomic E-state index is 14.6. The molecule has 4 saturated carbocycles. The number of fused-ring (bicyclic) bond motifs is 7. The summed E-state index contributed by atoms with van der Waals surface area (Å²) in [4.78, 5) is 40.4. The lowest BCUT2D eigenvalue weighted by atomic mass is 9.33. The molecule has 0 aliphatic heterocycles. The molecule has 218 valence electrons.